The Morgan fingerprint density at radius 3 is 2.28 bits per heavy atom. The first-order valence-electron chi connectivity index (χ1n) is 7.61. The van der Waals surface area contributed by atoms with Crippen LogP contribution < -0.4 is 0 Å². The molecule has 2 aromatic rings. The summed E-state index contributed by atoms with van der Waals surface area (Å²) < 4.78 is 39.8. The average Bonchev–Trinajstić information content (AvgIpc) is 2.54. The molecule has 0 amide bonds. The number of benzene rings is 2. The first kappa shape index (κ1) is 19.6. The predicted octanol–water partition coefficient (Wildman–Crippen LogP) is 6.73. The van der Waals surface area contributed by atoms with Gasteiger partial charge in [0.05, 0.1) is 11.3 Å². The van der Waals surface area contributed by atoms with Gasteiger partial charge in [0.25, 0.3) is 0 Å². The van der Waals surface area contributed by atoms with Crippen LogP contribution in [0.2, 0.25) is 10.0 Å². The van der Waals surface area contributed by atoms with Crippen molar-refractivity contribution in [1.82, 2.24) is 0 Å². The SMILES string of the molecule is CCC/C(=N\OCc1ccc(Cl)cc1)c1cc(Cl)ccc1C(F)(F)F. The quantitative estimate of drug-likeness (QED) is 0.396. The minimum Gasteiger partial charge on any atom is -0.391 e. The first-order valence-corrected chi connectivity index (χ1v) is 8.37. The second-order valence-corrected chi connectivity index (χ2v) is 6.25. The van der Waals surface area contributed by atoms with Gasteiger partial charge < -0.3 is 4.84 Å². The normalized spacial score (nSPS) is 12.3. The predicted molar refractivity (Wildman–Crippen MR) is 94.1 cm³/mol. The largest absolute Gasteiger partial charge is 0.417 e. The molecule has 0 spiro atoms. The van der Waals surface area contributed by atoms with Gasteiger partial charge in [0.1, 0.15) is 6.61 Å². The Balaban J connectivity index is 2.27. The molecular formula is C18H16Cl2F3NO. The molecule has 7 heteroatoms. The molecular weight excluding hydrogens is 374 g/mol. The highest BCUT2D eigenvalue weighted by atomic mass is 35.5. The summed E-state index contributed by atoms with van der Waals surface area (Å²) in [6.07, 6.45) is -3.54. The van der Waals surface area contributed by atoms with Crippen molar-refractivity contribution < 1.29 is 18.0 Å². The molecule has 2 nitrogen and oxygen atoms in total. The first-order chi connectivity index (χ1) is 11.8. The average molecular weight is 390 g/mol. The Labute approximate surface area is 154 Å². The molecule has 0 saturated heterocycles. The third kappa shape index (κ3) is 5.65. The molecule has 0 bridgehead atoms. The van der Waals surface area contributed by atoms with E-state index in [0.29, 0.717) is 17.9 Å². The zero-order chi connectivity index (χ0) is 18.4. The Kier molecular flexibility index (Phi) is 6.73. The maximum atomic E-state index is 13.3. The van der Waals surface area contributed by atoms with E-state index >= 15 is 0 Å². The minimum absolute atomic E-state index is 0.0574. The van der Waals surface area contributed by atoms with Gasteiger partial charge in [0.15, 0.2) is 0 Å². The lowest BCUT2D eigenvalue weighted by Gasteiger charge is -2.14. The summed E-state index contributed by atoms with van der Waals surface area (Å²) in [6.45, 7) is 1.98. The second-order valence-electron chi connectivity index (χ2n) is 5.38. The minimum atomic E-state index is -4.50. The van der Waals surface area contributed by atoms with Crippen LogP contribution in [0.25, 0.3) is 0 Å². The van der Waals surface area contributed by atoms with Crippen LogP contribution in [0, 0.1) is 0 Å². The topological polar surface area (TPSA) is 21.6 Å². The van der Waals surface area contributed by atoms with Crippen molar-refractivity contribution in [3.63, 3.8) is 0 Å². The molecule has 0 N–H and O–H groups in total. The van der Waals surface area contributed by atoms with Gasteiger partial charge >= 0.3 is 6.18 Å². The molecule has 0 unspecified atom stereocenters. The van der Waals surface area contributed by atoms with Crippen LogP contribution in [0.4, 0.5) is 13.2 Å². The highest BCUT2D eigenvalue weighted by Gasteiger charge is 2.34. The Morgan fingerprint density at radius 1 is 1.04 bits per heavy atom. The molecule has 0 atom stereocenters. The zero-order valence-corrected chi connectivity index (χ0v) is 14.9. The maximum Gasteiger partial charge on any atom is 0.417 e. The van der Waals surface area contributed by atoms with Gasteiger partial charge in [-0.2, -0.15) is 13.2 Å². The van der Waals surface area contributed by atoms with Crippen LogP contribution in [0.15, 0.2) is 47.6 Å². The molecule has 2 aromatic carbocycles. The van der Waals surface area contributed by atoms with E-state index in [4.69, 9.17) is 28.0 Å². The van der Waals surface area contributed by atoms with E-state index in [0.717, 1.165) is 11.6 Å². The van der Waals surface area contributed by atoms with Crippen LogP contribution in [0.5, 0.6) is 0 Å². The van der Waals surface area contributed by atoms with Crippen molar-refractivity contribution in [2.45, 2.75) is 32.5 Å². The molecule has 0 radical (unpaired) electrons. The Hall–Kier alpha value is -1.72. The summed E-state index contributed by atoms with van der Waals surface area (Å²) in [7, 11) is 0. The van der Waals surface area contributed by atoms with Crippen molar-refractivity contribution >= 4 is 28.9 Å². The highest BCUT2D eigenvalue weighted by Crippen LogP contribution is 2.34. The van der Waals surface area contributed by atoms with Gasteiger partial charge in [-0.25, -0.2) is 0 Å². The van der Waals surface area contributed by atoms with E-state index in [1.54, 1.807) is 24.3 Å². The summed E-state index contributed by atoms with van der Waals surface area (Å²) in [5.41, 5.74) is 0.189. The molecule has 134 valence electrons. The van der Waals surface area contributed by atoms with Crippen molar-refractivity contribution in [3.05, 3.63) is 69.2 Å². The van der Waals surface area contributed by atoms with E-state index in [9.17, 15) is 13.2 Å². The third-order valence-electron chi connectivity index (χ3n) is 3.40. The number of oxime groups is 1. The van der Waals surface area contributed by atoms with E-state index < -0.39 is 11.7 Å². The smallest absolute Gasteiger partial charge is 0.391 e. The van der Waals surface area contributed by atoms with Crippen molar-refractivity contribution in [2.75, 3.05) is 0 Å². The molecule has 0 heterocycles. The number of halogens is 5. The number of alkyl halides is 3. The third-order valence-corrected chi connectivity index (χ3v) is 3.89. The fourth-order valence-corrected chi connectivity index (χ4v) is 2.53. The van der Waals surface area contributed by atoms with Gasteiger partial charge in [-0.1, -0.05) is 53.8 Å². The lowest BCUT2D eigenvalue weighted by Crippen LogP contribution is -2.14. The zero-order valence-electron chi connectivity index (χ0n) is 13.4. The Morgan fingerprint density at radius 2 is 1.68 bits per heavy atom. The fourth-order valence-electron chi connectivity index (χ4n) is 2.23. The van der Waals surface area contributed by atoms with Gasteiger partial charge in [-0.05, 0) is 42.3 Å². The lowest BCUT2D eigenvalue weighted by atomic mass is 9.99. The van der Waals surface area contributed by atoms with E-state index in [-0.39, 0.29) is 22.9 Å². The number of hydrogen-bond donors (Lipinski definition) is 0. The maximum absolute atomic E-state index is 13.3. The van der Waals surface area contributed by atoms with Gasteiger partial charge in [-0.15, -0.1) is 0 Å². The van der Waals surface area contributed by atoms with E-state index in [2.05, 4.69) is 5.16 Å². The molecule has 0 saturated carbocycles. The van der Waals surface area contributed by atoms with Crippen molar-refractivity contribution in [3.8, 4) is 0 Å². The van der Waals surface area contributed by atoms with Crippen molar-refractivity contribution in [1.29, 1.82) is 0 Å². The second kappa shape index (κ2) is 8.59. The summed E-state index contributed by atoms with van der Waals surface area (Å²) in [5, 5.41) is 4.74. The molecule has 0 aliphatic rings. The standard InChI is InChI=1S/C18H16Cl2F3NO/c1-2-3-17(24-25-11-12-4-6-13(19)7-5-12)15-10-14(20)8-9-16(15)18(21,22)23/h4-10H,2-3,11H2,1H3/b24-17+. The monoisotopic (exact) mass is 389 g/mol. The molecule has 0 fully saturated rings. The molecule has 0 aliphatic carbocycles. The summed E-state index contributed by atoms with van der Waals surface area (Å²) in [4.78, 5) is 5.27. The summed E-state index contributed by atoms with van der Waals surface area (Å²) >= 11 is 11.7. The number of rotatable bonds is 6. The van der Waals surface area contributed by atoms with Crippen LogP contribution in [0.1, 0.15) is 36.5 Å². The molecule has 2 rings (SSSR count). The lowest BCUT2D eigenvalue weighted by molar-refractivity contribution is -0.137. The van der Waals surface area contributed by atoms with Crippen LogP contribution in [-0.4, -0.2) is 5.71 Å². The summed E-state index contributed by atoms with van der Waals surface area (Å²) in [6, 6.07) is 10.4. The van der Waals surface area contributed by atoms with Gasteiger partial charge in [-0.3, -0.25) is 0 Å². The van der Waals surface area contributed by atoms with Gasteiger partial charge in [0, 0.05) is 15.6 Å². The van der Waals surface area contributed by atoms with E-state index in [1.807, 2.05) is 6.92 Å². The Bertz CT molecular complexity index is 743. The number of nitrogens with zero attached hydrogens (tertiary/aromatic N) is 1. The number of hydrogen-bond acceptors (Lipinski definition) is 2. The highest BCUT2D eigenvalue weighted by molar-refractivity contribution is 6.31. The van der Waals surface area contributed by atoms with Crippen LogP contribution >= 0.6 is 23.2 Å². The van der Waals surface area contributed by atoms with Crippen molar-refractivity contribution in [2.24, 2.45) is 5.16 Å². The molecule has 0 aromatic heterocycles. The van der Waals surface area contributed by atoms with Crippen LogP contribution in [0.3, 0.4) is 0 Å². The summed E-state index contributed by atoms with van der Waals surface area (Å²) in [5.74, 6) is 0. The van der Waals surface area contributed by atoms with Gasteiger partial charge in [0.2, 0.25) is 0 Å². The molecule has 0 aliphatic heterocycles. The fraction of sp³-hybridized carbons (Fsp3) is 0.278. The van der Waals surface area contributed by atoms with E-state index in [1.165, 1.54) is 12.1 Å². The van der Waals surface area contributed by atoms with Crippen LogP contribution in [-0.2, 0) is 17.6 Å². The molecule has 25 heavy (non-hydrogen) atoms.